The summed E-state index contributed by atoms with van der Waals surface area (Å²) in [5.41, 5.74) is 2.18. The molecule has 4 nitrogen and oxygen atoms in total. The van der Waals surface area contributed by atoms with Crippen LogP contribution in [-0.2, 0) is 0 Å². The normalized spacial score (nSPS) is 26.4. The van der Waals surface area contributed by atoms with E-state index in [1.54, 1.807) is 0 Å². The molecule has 2 heterocycles. The quantitative estimate of drug-likeness (QED) is 0.639. The van der Waals surface area contributed by atoms with E-state index < -0.39 is 11.6 Å². The maximum atomic E-state index is 14.0. The fraction of sp³-hybridized carbons (Fsp3) is 0.615. The first kappa shape index (κ1) is 12.6. The second kappa shape index (κ2) is 4.92. The van der Waals surface area contributed by atoms with Gasteiger partial charge in [0.05, 0.1) is 0 Å². The Labute approximate surface area is 111 Å². The summed E-state index contributed by atoms with van der Waals surface area (Å²) in [5.74, 6) is 4.59. The second-order valence-corrected chi connectivity index (χ2v) is 5.36. The van der Waals surface area contributed by atoms with Crippen LogP contribution in [0.15, 0.2) is 6.07 Å². The Morgan fingerprint density at radius 1 is 1.21 bits per heavy atom. The van der Waals surface area contributed by atoms with Gasteiger partial charge in [-0.1, -0.05) is 6.42 Å². The summed E-state index contributed by atoms with van der Waals surface area (Å²) in [5, 5.41) is 0. The highest BCUT2D eigenvalue weighted by atomic mass is 19.1. The zero-order valence-electron chi connectivity index (χ0n) is 10.7. The summed E-state index contributed by atoms with van der Waals surface area (Å²) >= 11 is 0. The standard InChI is InChI=1S/C13H18F2N4/c14-9-7-10(15)13(17-12(9)18-16)19-6-2-4-8-3-1-5-11(8)19/h7-8,11H,1-6,16H2,(H,17,18). The Hall–Kier alpha value is -1.43. The third-order valence-corrected chi connectivity index (χ3v) is 4.31. The number of halogens is 2. The van der Waals surface area contributed by atoms with E-state index in [0.29, 0.717) is 12.0 Å². The Kier molecular flexibility index (Phi) is 3.26. The number of hydrogen-bond acceptors (Lipinski definition) is 4. The van der Waals surface area contributed by atoms with Crippen molar-refractivity contribution in [2.45, 2.75) is 38.1 Å². The highest BCUT2D eigenvalue weighted by molar-refractivity contribution is 5.50. The van der Waals surface area contributed by atoms with Gasteiger partial charge in [0.1, 0.15) is 0 Å². The second-order valence-electron chi connectivity index (χ2n) is 5.36. The van der Waals surface area contributed by atoms with Crippen LogP contribution >= 0.6 is 0 Å². The molecule has 3 N–H and O–H groups in total. The van der Waals surface area contributed by atoms with Crippen molar-refractivity contribution in [3.05, 3.63) is 17.7 Å². The molecule has 0 aromatic carbocycles. The molecule has 0 bridgehead atoms. The fourth-order valence-electron chi connectivity index (χ4n) is 3.48. The summed E-state index contributed by atoms with van der Waals surface area (Å²) in [6, 6.07) is 1.20. The first-order chi connectivity index (χ1) is 9.20. The number of hydrogen-bond donors (Lipinski definition) is 2. The predicted molar refractivity (Wildman–Crippen MR) is 69.7 cm³/mol. The zero-order valence-corrected chi connectivity index (χ0v) is 10.7. The van der Waals surface area contributed by atoms with Crippen molar-refractivity contribution in [1.29, 1.82) is 0 Å². The average Bonchev–Trinajstić information content (AvgIpc) is 2.87. The smallest absolute Gasteiger partial charge is 0.178 e. The van der Waals surface area contributed by atoms with Crippen LogP contribution in [0.4, 0.5) is 20.4 Å². The Bertz CT molecular complexity index is 480. The number of nitrogens with two attached hydrogens (primary N) is 1. The maximum Gasteiger partial charge on any atom is 0.178 e. The number of nitrogen functional groups attached to an aromatic ring is 1. The minimum Gasteiger partial charge on any atom is -0.351 e. The van der Waals surface area contributed by atoms with Crippen LogP contribution in [0.2, 0.25) is 0 Å². The van der Waals surface area contributed by atoms with Crippen molar-refractivity contribution in [3.63, 3.8) is 0 Å². The van der Waals surface area contributed by atoms with Gasteiger partial charge >= 0.3 is 0 Å². The molecule has 2 fully saturated rings. The number of piperidine rings is 1. The van der Waals surface area contributed by atoms with Crippen LogP contribution in [0.3, 0.4) is 0 Å². The van der Waals surface area contributed by atoms with Gasteiger partial charge in [-0.15, -0.1) is 0 Å². The van der Waals surface area contributed by atoms with Crippen molar-refractivity contribution in [2.75, 3.05) is 16.9 Å². The molecule has 0 radical (unpaired) electrons. The first-order valence-corrected chi connectivity index (χ1v) is 6.80. The number of anilines is 2. The molecule has 2 atom stereocenters. The van der Waals surface area contributed by atoms with Gasteiger partial charge in [-0.05, 0) is 31.6 Å². The van der Waals surface area contributed by atoms with E-state index in [9.17, 15) is 8.78 Å². The van der Waals surface area contributed by atoms with Crippen molar-refractivity contribution in [2.24, 2.45) is 11.8 Å². The number of aromatic nitrogens is 1. The van der Waals surface area contributed by atoms with Crippen molar-refractivity contribution in [3.8, 4) is 0 Å². The Morgan fingerprint density at radius 2 is 2.00 bits per heavy atom. The molecule has 1 aliphatic heterocycles. The van der Waals surface area contributed by atoms with Crippen molar-refractivity contribution >= 4 is 11.6 Å². The van der Waals surface area contributed by atoms with Crippen molar-refractivity contribution < 1.29 is 8.78 Å². The lowest BCUT2D eigenvalue weighted by molar-refractivity contribution is 0.357. The lowest BCUT2D eigenvalue weighted by Gasteiger charge is -2.38. The zero-order chi connectivity index (χ0) is 13.4. The van der Waals surface area contributed by atoms with Gasteiger partial charge in [0.2, 0.25) is 0 Å². The third kappa shape index (κ3) is 2.14. The molecule has 1 aromatic rings. The minimum absolute atomic E-state index is 0.100. The fourth-order valence-corrected chi connectivity index (χ4v) is 3.48. The van der Waals surface area contributed by atoms with Gasteiger partial charge in [0.15, 0.2) is 23.3 Å². The minimum atomic E-state index is -0.760. The van der Waals surface area contributed by atoms with E-state index in [2.05, 4.69) is 10.4 Å². The molecule has 6 heteroatoms. The van der Waals surface area contributed by atoms with E-state index in [1.807, 2.05) is 4.90 Å². The maximum absolute atomic E-state index is 14.0. The van der Waals surface area contributed by atoms with E-state index in [0.717, 1.165) is 25.5 Å². The average molecular weight is 268 g/mol. The first-order valence-electron chi connectivity index (χ1n) is 6.80. The summed E-state index contributed by atoms with van der Waals surface area (Å²) in [4.78, 5) is 6.01. The summed E-state index contributed by atoms with van der Waals surface area (Å²) in [6.45, 7) is 0.779. The molecular formula is C13H18F2N4. The van der Waals surface area contributed by atoms with Crippen LogP contribution in [0.1, 0.15) is 32.1 Å². The monoisotopic (exact) mass is 268 g/mol. The molecule has 0 amide bonds. The molecule has 2 unspecified atom stereocenters. The molecule has 1 saturated heterocycles. The number of pyridine rings is 1. The van der Waals surface area contributed by atoms with Crippen LogP contribution in [-0.4, -0.2) is 17.6 Å². The van der Waals surface area contributed by atoms with Gasteiger partial charge in [-0.3, -0.25) is 0 Å². The highest BCUT2D eigenvalue weighted by Crippen LogP contribution is 2.39. The van der Waals surface area contributed by atoms with E-state index in [4.69, 9.17) is 5.84 Å². The van der Waals surface area contributed by atoms with E-state index >= 15 is 0 Å². The molecule has 1 aromatic heterocycles. The summed E-state index contributed by atoms with van der Waals surface area (Å²) < 4.78 is 27.4. The van der Waals surface area contributed by atoms with Gasteiger partial charge in [0, 0.05) is 18.7 Å². The van der Waals surface area contributed by atoms with Gasteiger partial charge in [-0.25, -0.2) is 19.6 Å². The SMILES string of the molecule is NNc1nc(N2CCCC3CCCC32)c(F)cc1F. The molecule has 2 aliphatic rings. The number of fused-ring (bicyclic) bond motifs is 1. The number of hydrazine groups is 1. The van der Waals surface area contributed by atoms with Crippen LogP contribution in [0.25, 0.3) is 0 Å². The number of nitrogens with one attached hydrogen (secondary N) is 1. The van der Waals surface area contributed by atoms with Crippen LogP contribution in [0, 0.1) is 17.6 Å². The van der Waals surface area contributed by atoms with Gasteiger partial charge in [0.25, 0.3) is 0 Å². The van der Waals surface area contributed by atoms with Gasteiger partial charge in [-0.2, -0.15) is 0 Å². The lowest BCUT2D eigenvalue weighted by atomic mass is 9.92. The molecule has 1 saturated carbocycles. The molecule has 3 rings (SSSR count). The molecule has 19 heavy (non-hydrogen) atoms. The number of nitrogens with zero attached hydrogens (tertiary/aromatic N) is 2. The van der Waals surface area contributed by atoms with Crippen LogP contribution in [0.5, 0.6) is 0 Å². The third-order valence-electron chi connectivity index (χ3n) is 4.31. The molecule has 1 aliphatic carbocycles. The lowest BCUT2D eigenvalue weighted by Crippen LogP contribution is -2.43. The topological polar surface area (TPSA) is 54.2 Å². The van der Waals surface area contributed by atoms with Crippen molar-refractivity contribution in [1.82, 2.24) is 4.98 Å². The Balaban J connectivity index is 1.96. The van der Waals surface area contributed by atoms with E-state index in [-0.39, 0.29) is 11.6 Å². The predicted octanol–water partition coefficient (Wildman–Crippen LogP) is 2.41. The largest absolute Gasteiger partial charge is 0.351 e. The molecule has 0 spiro atoms. The molecular weight excluding hydrogens is 250 g/mol. The summed E-state index contributed by atoms with van der Waals surface area (Å²) in [7, 11) is 0. The molecule has 104 valence electrons. The van der Waals surface area contributed by atoms with Crippen LogP contribution < -0.4 is 16.2 Å². The number of rotatable bonds is 2. The van der Waals surface area contributed by atoms with E-state index in [1.165, 1.54) is 19.3 Å². The highest BCUT2D eigenvalue weighted by Gasteiger charge is 2.36. The summed E-state index contributed by atoms with van der Waals surface area (Å²) in [6.07, 6.45) is 5.67. The Morgan fingerprint density at radius 3 is 2.79 bits per heavy atom. The van der Waals surface area contributed by atoms with Gasteiger partial charge < -0.3 is 10.3 Å².